The maximum atomic E-state index is 14.5. The van der Waals surface area contributed by atoms with Crippen LogP contribution in [0.2, 0.25) is 0 Å². The molecule has 0 spiro atoms. The summed E-state index contributed by atoms with van der Waals surface area (Å²) in [5.41, 5.74) is 3.23. The van der Waals surface area contributed by atoms with Crippen molar-refractivity contribution in [1.29, 1.82) is 0 Å². The largest absolute Gasteiger partial charge is 0.492 e. The first-order chi connectivity index (χ1) is 18.5. The van der Waals surface area contributed by atoms with Gasteiger partial charge in [-0.2, -0.15) is 0 Å². The number of benzene rings is 1. The van der Waals surface area contributed by atoms with Crippen molar-refractivity contribution in [3.05, 3.63) is 53.7 Å². The number of likely N-dealkylation sites (tertiary alicyclic amines) is 1. The standard InChI is InChI=1S/C27H28FN5O5/c1-37-25-17(28)3-2-4-19(25)32-24-22-18(8-10-30-26(22)34)31-23(24)16-7-9-29-12-21(16)38-13-20-14-5-6-15(11-14)33(20)27(35)36/h2-4,7,9,12,14-15,20,31-32H,5-6,8,10-11,13H2,1H3,(H,30,34)(H,35,36)/t14-,15+,20+/m1/s1. The van der Waals surface area contributed by atoms with E-state index in [2.05, 4.69) is 20.6 Å². The summed E-state index contributed by atoms with van der Waals surface area (Å²) in [6.45, 7) is 0.691. The van der Waals surface area contributed by atoms with Gasteiger partial charge in [0.25, 0.3) is 5.91 Å². The number of aromatic amines is 1. The number of carboxylic acid groups (broad SMARTS) is 1. The molecule has 0 unspecified atom stereocenters. The van der Waals surface area contributed by atoms with Crippen LogP contribution in [0.5, 0.6) is 11.5 Å². The minimum absolute atomic E-state index is 0.0286. The monoisotopic (exact) mass is 521 g/mol. The van der Waals surface area contributed by atoms with Gasteiger partial charge in [-0.1, -0.05) is 6.07 Å². The molecule has 38 heavy (non-hydrogen) atoms. The topological polar surface area (TPSA) is 129 Å². The molecule has 2 aromatic heterocycles. The summed E-state index contributed by atoms with van der Waals surface area (Å²) in [6, 6.07) is 6.12. The Morgan fingerprint density at radius 1 is 1.32 bits per heavy atom. The number of piperidine rings is 1. The number of para-hydroxylation sites is 1. The zero-order valence-corrected chi connectivity index (χ0v) is 20.8. The van der Waals surface area contributed by atoms with Crippen molar-refractivity contribution in [3.8, 4) is 22.8 Å². The normalized spacial score (nSPS) is 21.7. The van der Waals surface area contributed by atoms with Gasteiger partial charge in [0.1, 0.15) is 12.4 Å². The molecule has 11 heteroatoms. The molecule has 198 valence electrons. The fourth-order valence-corrected chi connectivity index (χ4v) is 6.14. The number of nitrogens with zero attached hydrogens (tertiary/aromatic N) is 2. The molecule has 6 rings (SSSR count). The zero-order valence-electron chi connectivity index (χ0n) is 20.8. The molecule has 1 aliphatic carbocycles. The molecule has 2 aliphatic heterocycles. The summed E-state index contributed by atoms with van der Waals surface area (Å²) in [5.74, 6) is -0.0259. The number of hydrogen-bond donors (Lipinski definition) is 4. The Balaban J connectivity index is 1.38. The highest BCUT2D eigenvalue weighted by atomic mass is 19.1. The molecule has 2 fully saturated rings. The number of carbonyl (C=O) groups is 2. The lowest BCUT2D eigenvalue weighted by molar-refractivity contribution is 0.0795. The highest BCUT2D eigenvalue weighted by Gasteiger charge is 2.48. The van der Waals surface area contributed by atoms with Gasteiger partial charge >= 0.3 is 6.09 Å². The first kappa shape index (κ1) is 24.1. The number of methoxy groups -OCH3 is 1. The molecule has 10 nitrogen and oxygen atoms in total. The van der Waals surface area contributed by atoms with Gasteiger partial charge in [0, 0.05) is 36.5 Å². The number of carbonyl (C=O) groups excluding carboxylic acids is 1. The Morgan fingerprint density at radius 2 is 2.18 bits per heavy atom. The van der Waals surface area contributed by atoms with Gasteiger partial charge in [-0.25, -0.2) is 9.18 Å². The van der Waals surface area contributed by atoms with E-state index in [4.69, 9.17) is 9.47 Å². The van der Waals surface area contributed by atoms with Gasteiger partial charge in [0.15, 0.2) is 11.6 Å². The molecule has 3 aliphatic rings. The van der Waals surface area contributed by atoms with Gasteiger partial charge in [0.05, 0.1) is 42.0 Å². The second kappa shape index (κ2) is 9.55. The molecule has 1 saturated carbocycles. The Hall–Kier alpha value is -4.28. The lowest BCUT2D eigenvalue weighted by Gasteiger charge is -2.33. The number of amides is 2. The van der Waals surface area contributed by atoms with Crippen molar-refractivity contribution in [1.82, 2.24) is 20.2 Å². The minimum Gasteiger partial charge on any atom is -0.492 e. The van der Waals surface area contributed by atoms with Crippen molar-refractivity contribution in [2.75, 3.05) is 25.6 Å². The van der Waals surface area contributed by atoms with E-state index < -0.39 is 11.9 Å². The minimum atomic E-state index is -0.921. The van der Waals surface area contributed by atoms with Gasteiger partial charge in [0.2, 0.25) is 0 Å². The molecule has 4 heterocycles. The highest BCUT2D eigenvalue weighted by molar-refractivity contribution is 6.06. The van der Waals surface area contributed by atoms with Crippen LogP contribution in [-0.2, 0) is 6.42 Å². The van der Waals surface area contributed by atoms with Crippen molar-refractivity contribution in [2.24, 2.45) is 5.92 Å². The molecule has 2 amide bonds. The SMILES string of the molecule is COc1c(F)cccc1Nc1c(-c2ccncc2OC[C@H]2[C@@H]3CC[C@@H](C3)N2C(=O)O)[nH]c2c1C(=O)NCC2. The van der Waals surface area contributed by atoms with Crippen LogP contribution >= 0.6 is 0 Å². The zero-order chi connectivity index (χ0) is 26.4. The number of rotatable bonds is 7. The predicted octanol–water partition coefficient (Wildman–Crippen LogP) is 4.16. The van der Waals surface area contributed by atoms with Crippen LogP contribution in [0, 0.1) is 11.7 Å². The van der Waals surface area contributed by atoms with Gasteiger partial charge in [-0.15, -0.1) is 0 Å². The van der Waals surface area contributed by atoms with Crippen LogP contribution in [0.4, 0.5) is 20.6 Å². The Labute approximate surface area is 218 Å². The van der Waals surface area contributed by atoms with Gasteiger partial charge < -0.3 is 30.2 Å². The summed E-state index contributed by atoms with van der Waals surface area (Å²) in [7, 11) is 1.38. The Kier molecular flexibility index (Phi) is 6.05. The number of H-pyrrole nitrogens is 1. The van der Waals surface area contributed by atoms with Gasteiger partial charge in [-0.3, -0.25) is 14.7 Å². The van der Waals surface area contributed by atoms with E-state index in [1.165, 1.54) is 18.1 Å². The number of hydrogen-bond acceptors (Lipinski definition) is 6. The number of nitrogens with one attached hydrogen (secondary N) is 3. The van der Waals surface area contributed by atoms with Crippen LogP contribution in [0.15, 0.2) is 36.7 Å². The predicted molar refractivity (Wildman–Crippen MR) is 137 cm³/mol. The highest BCUT2D eigenvalue weighted by Crippen LogP contribution is 2.44. The first-order valence-electron chi connectivity index (χ1n) is 12.7. The third kappa shape index (κ3) is 3.98. The van der Waals surface area contributed by atoms with E-state index in [1.807, 2.05) is 0 Å². The maximum absolute atomic E-state index is 14.5. The summed E-state index contributed by atoms with van der Waals surface area (Å²) in [4.78, 5) is 34.0. The number of aromatic nitrogens is 2. The number of pyridine rings is 1. The molecule has 1 saturated heterocycles. The molecular weight excluding hydrogens is 493 g/mol. The number of fused-ring (bicyclic) bond motifs is 3. The molecule has 1 aromatic carbocycles. The number of anilines is 2. The molecule has 3 aromatic rings. The van der Waals surface area contributed by atoms with Crippen molar-refractivity contribution >= 4 is 23.4 Å². The average Bonchev–Trinajstić information content (AvgIpc) is 3.62. The van der Waals surface area contributed by atoms with E-state index in [9.17, 15) is 19.1 Å². The first-order valence-corrected chi connectivity index (χ1v) is 12.7. The van der Waals surface area contributed by atoms with Crippen molar-refractivity contribution in [2.45, 2.75) is 37.8 Å². The number of ether oxygens (including phenoxy) is 2. The van der Waals surface area contributed by atoms with Crippen molar-refractivity contribution in [3.63, 3.8) is 0 Å². The number of halogens is 1. The van der Waals surface area contributed by atoms with Crippen LogP contribution in [-0.4, -0.2) is 64.3 Å². The Morgan fingerprint density at radius 3 is 3.00 bits per heavy atom. The quantitative estimate of drug-likeness (QED) is 0.367. The Bertz CT molecular complexity index is 1410. The maximum Gasteiger partial charge on any atom is 0.407 e. The van der Waals surface area contributed by atoms with Crippen LogP contribution in [0.3, 0.4) is 0 Å². The van der Waals surface area contributed by atoms with E-state index in [0.29, 0.717) is 46.9 Å². The average molecular weight is 522 g/mol. The fourth-order valence-electron chi connectivity index (χ4n) is 6.14. The lowest BCUT2D eigenvalue weighted by atomic mass is 9.99. The second-order valence-electron chi connectivity index (χ2n) is 9.85. The van der Waals surface area contributed by atoms with E-state index in [0.717, 1.165) is 25.0 Å². The second-order valence-corrected chi connectivity index (χ2v) is 9.85. The molecule has 3 atom stereocenters. The third-order valence-electron chi connectivity index (χ3n) is 7.82. The summed E-state index contributed by atoms with van der Waals surface area (Å²) in [5, 5.41) is 15.8. The van der Waals surface area contributed by atoms with Crippen LogP contribution < -0.4 is 20.1 Å². The third-order valence-corrected chi connectivity index (χ3v) is 7.82. The smallest absolute Gasteiger partial charge is 0.407 e. The molecule has 2 bridgehead atoms. The van der Waals surface area contributed by atoms with Crippen molar-refractivity contribution < 1.29 is 28.6 Å². The molecular formula is C27H28FN5O5. The summed E-state index contributed by atoms with van der Waals surface area (Å²) in [6.07, 6.45) is 5.62. The molecule has 4 N–H and O–H groups in total. The van der Waals surface area contributed by atoms with E-state index >= 15 is 0 Å². The van der Waals surface area contributed by atoms with Crippen LogP contribution in [0.25, 0.3) is 11.3 Å². The molecule has 0 radical (unpaired) electrons. The van der Waals surface area contributed by atoms with E-state index in [1.54, 1.807) is 30.6 Å². The summed E-state index contributed by atoms with van der Waals surface area (Å²) < 4.78 is 26.0. The summed E-state index contributed by atoms with van der Waals surface area (Å²) >= 11 is 0. The van der Waals surface area contributed by atoms with E-state index in [-0.39, 0.29) is 36.3 Å². The lowest BCUT2D eigenvalue weighted by Crippen LogP contribution is -2.47. The van der Waals surface area contributed by atoms with Crippen LogP contribution in [0.1, 0.15) is 35.3 Å². The van der Waals surface area contributed by atoms with Gasteiger partial charge in [-0.05, 0) is 43.4 Å². The fraction of sp³-hybridized carbons (Fsp3) is 0.370.